The summed E-state index contributed by atoms with van der Waals surface area (Å²) in [5.41, 5.74) is 6.04. The predicted octanol–water partition coefficient (Wildman–Crippen LogP) is 0.957. The van der Waals surface area contributed by atoms with E-state index in [2.05, 4.69) is 21.8 Å². The summed E-state index contributed by atoms with van der Waals surface area (Å²) in [6.45, 7) is 4.36. The van der Waals surface area contributed by atoms with Gasteiger partial charge in [0.1, 0.15) is 16.5 Å². The summed E-state index contributed by atoms with van der Waals surface area (Å²) in [6.07, 6.45) is 4.60. The van der Waals surface area contributed by atoms with Gasteiger partial charge in [-0.2, -0.15) is 0 Å². The molecule has 0 bridgehead atoms. The van der Waals surface area contributed by atoms with Crippen LogP contribution in [0.15, 0.2) is 12.4 Å². The van der Waals surface area contributed by atoms with E-state index in [1.807, 2.05) is 0 Å². The number of nitrogens with zero attached hydrogens (tertiary/aromatic N) is 3. The first-order valence-corrected chi connectivity index (χ1v) is 5.44. The number of hydrogen-bond acceptors (Lipinski definition) is 4. The second-order valence-corrected chi connectivity index (χ2v) is 4.40. The van der Waals surface area contributed by atoms with Crippen molar-refractivity contribution in [2.24, 2.45) is 11.7 Å². The molecule has 1 aromatic rings. The SMILES string of the molecule is CC1CCN(c2cnc(C(N)=S)cn2)C1. The number of nitrogens with two attached hydrogens (primary N) is 1. The van der Waals surface area contributed by atoms with Gasteiger partial charge in [-0.05, 0) is 12.3 Å². The molecular formula is C10H14N4S. The van der Waals surface area contributed by atoms with Crippen LogP contribution in [0.4, 0.5) is 5.82 Å². The Morgan fingerprint density at radius 2 is 2.33 bits per heavy atom. The third-order valence-electron chi connectivity index (χ3n) is 2.64. The molecule has 5 heteroatoms. The Morgan fingerprint density at radius 1 is 1.53 bits per heavy atom. The Morgan fingerprint density at radius 3 is 2.80 bits per heavy atom. The molecule has 1 unspecified atom stereocenters. The van der Waals surface area contributed by atoms with Gasteiger partial charge in [0.15, 0.2) is 0 Å². The van der Waals surface area contributed by atoms with Crippen molar-refractivity contribution in [2.45, 2.75) is 13.3 Å². The Balaban J connectivity index is 2.13. The Hall–Kier alpha value is -1.23. The summed E-state index contributed by atoms with van der Waals surface area (Å²) in [4.78, 5) is 11.0. The fourth-order valence-electron chi connectivity index (χ4n) is 1.75. The normalized spacial score (nSPS) is 20.6. The van der Waals surface area contributed by atoms with Crippen LogP contribution in [-0.4, -0.2) is 28.0 Å². The van der Waals surface area contributed by atoms with Crippen molar-refractivity contribution in [1.29, 1.82) is 0 Å². The summed E-state index contributed by atoms with van der Waals surface area (Å²) in [5.74, 6) is 1.65. The molecule has 2 rings (SSSR count). The molecule has 15 heavy (non-hydrogen) atoms. The van der Waals surface area contributed by atoms with Crippen LogP contribution in [0.1, 0.15) is 19.0 Å². The van der Waals surface area contributed by atoms with Gasteiger partial charge in [0.2, 0.25) is 0 Å². The van der Waals surface area contributed by atoms with Crippen LogP contribution in [0, 0.1) is 5.92 Å². The van der Waals surface area contributed by atoms with E-state index in [1.165, 1.54) is 6.42 Å². The minimum atomic E-state index is 0.295. The number of rotatable bonds is 2. The molecule has 4 nitrogen and oxygen atoms in total. The Bertz CT molecular complexity index is 362. The predicted molar refractivity (Wildman–Crippen MR) is 63.9 cm³/mol. The second-order valence-electron chi connectivity index (χ2n) is 3.96. The van der Waals surface area contributed by atoms with Gasteiger partial charge >= 0.3 is 0 Å². The molecule has 80 valence electrons. The summed E-state index contributed by atoms with van der Waals surface area (Å²) < 4.78 is 0. The van der Waals surface area contributed by atoms with Gasteiger partial charge in [-0.25, -0.2) is 9.97 Å². The first kappa shape index (κ1) is 10.3. The second kappa shape index (κ2) is 4.10. The topological polar surface area (TPSA) is 55.0 Å². The van der Waals surface area contributed by atoms with Crippen molar-refractivity contribution >= 4 is 23.0 Å². The van der Waals surface area contributed by atoms with Gasteiger partial charge in [0, 0.05) is 13.1 Å². The molecule has 1 aliphatic rings. The van der Waals surface area contributed by atoms with Crippen LogP contribution in [0.25, 0.3) is 0 Å². The first-order valence-electron chi connectivity index (χ1n) is 5.03. The van der Waals surface area contributed by atoms with Crippen LogP contribution in [-0.2, 0) is 0 Å². The average Bonchev–Trinajstić information content (AvgIpc) is 2.65. The van der Waals surface area contributed by atoms with Gasteiger partial charge in [0.05, 0.1) is 12.4 Å². The van der Waals surface area contributed by atoms with Crippen molar-refractivity contribution in [2.75, 3.05) is 18.0 Å². The number of aromatic nitrogens is 2. The zero-order chi connectivity index (χ0) is 10.8. The van der Waals surface area contributed by atoms with Gasteiger partial charge in [-0.3, -0.25) is 0 Å². The van der Waals surface area contributed by atoms with E-state index in [0.717, 1.165) is 24.8 Å². The maximum absolute atomic E-state index is 5.45. The molecular weight excluding hydrogens is 208 g/mol. The molecule has 0 saturated carbocycles. The number of anilines is 1. The molecule has 1 aliphatic heterocycles. The van der Waals surface area contributed by atoms with Crippen LogP contribution >= 0.6 is 12.2 Å². The maximum Gasteiger partial charge on any atom is 0.147 e. The highest BCUT2D eigenvalue weighted by Crippen LogP contribution is 2.20. The molecule has 1 atom stereocenters. The molecule has 1 aromatic heterocycles. The number of thiocarbonyl (C=S) groups is 1. The largest absolute Gasteiger partial charge is 0.388 e. The van der Waals surface area contributed by atoms with Crippen molar-refractivity contribution in [3.05, 3.63) is 18.1 Å². The van der Waals surface area contributed by atoms with Crippen molar-refractivity contribution in [3.8, 4) is 0 Å². The average molecular weight is 222 g/mol. The lowest BCUT2D eigenvalue weighted by atomic mass is 10.2. The van der Waals surface area contributed by atoms with E-state index in [1.54, 1.807) is 12.4 Å². The fourth-order valence-corrected chi connectivity index (χ4v) is 1.86. The van der Waals surface area contributed by atoms with E-state index >= 15 is 0 Å². The fraction of sp³-hybridized carbons (Fsp3) is 0.500. The smallest absolute Gasteiger partial charge is 0.147 e. The standard InChI is InChI=1S/C10H14N4S/c1-7-2-3-14(6-7)9-5-12-8(4-13-9)10(11)15/h4-5,7H,2-3,6H2,1H3,(H2,11,15). The van der Waals surface area contributed by atoms with E-state index in [9.17, 15) is 0 Å². The van der Waals surface area contributed by atoms with Crippen molar-refractivity contribution in [3.63, 3.8) is 0 Å². The quantitative estimate of drug-likeness (QED) is 0.755. The molecule has 0 radical (unpaired) electrons. The highest BCUT2D eigenvalue weighted by atomic mass is 32.1. The highest BCUT2D eigenvalue weighted by Gasteiger charge is 2.19. The van der Waals surface area contributed by atoms with Crippen LogP contribution in [0.2, 0.25) is 0 Å². The van der Waals surface area contributed by atoms with E-state index in [-0.39, 0.29) is 0 Å². The molecule has 2 heterocycles. The highest BCUT2D eigenvalue weighted by molar-refractivity contribution is 7.80. The zero-order valence-electron chi connectivity index (χ0n) is 8.68. The third kappa shape index (κ3) is 2.23. The van der Waals surface area contributed by atoms with E-state index in [0.29, 0.717) is 10.7 Å². The summed E-state index contributed by atoms with van der Waals surface area (Å²) >= 11 is 4.82. The van der Waals surface area contributed by atoms with Gasteiger partial charge in [-0.1, -0.05) is 19.1 Å². The van der Waals surface area contributed by atoms with E-state index in [4.69, 9.17) is 18.0 Å². The van der Waals surface area contributed by atoms with Gasteiger partial charge < -0.3 is 10.6 Å². The minimum absolute atomic E-state index is 0.295. The van der Waals surface area contributed by atoms with Crippen LogP contribution in [0.5, 0.6) is 0 Å². The van der Waals surface area contributed by atoms with Crippen LogP contribution in [0.3, 0.4) is 0 Å². The summed E-state index contributed by atoms with van der Waals surface area (Å²) in [6, 6.07) is 0. The van der Waals surface area contributed by atoms with Crippen molar-refractivity contribution < 1.29 is 0 Å². The van der Waals surface area contributed by atoms with E-state index < -0.39 is 0 Å². The van der Waals surface area contributed by atoms with Gasteiger partial charge in [-0.15, -0.1) is 0 Å². The lowest BCUT2D eigenvalue weighted by molar-refractivity contribution is 0.658. The molecule has 0 aliphatic carbocycles. The lowest BCUT2D eigenvalue weighted by Gasteiger charge is -2.16. The maximum atomic E-state index is 5.45. The first-order chi connectivity index (χ1) is 7.16. The minimum Gasteiger partial charge on any atom is -0.388 e. The zero-order valence-corrected chi connectivity index (χ0v) is 9.50. The van der Waals surface area contributed by atoms with Gasteiger partial charge in [0.25, 0.3) is 0 Å². The summed E-state index contributed by atoms with van der Waals surface area (Å²) in [7, 11) is 0. The monoisotopic (exact) mass is 222 g/mol. The molecule has 0 aromatic carbocycles. The summed E-state index contributed by atoms with van der Waals surface area (Å²) in [5, 5.41) is 0. The third-order valence-corrected chi connectivity index (χ3v) is 2.85. The molecule has 1 saturated heterocycles. The Kier molecular flexibility index (Phi) is 2.81. The van der Waals surface area contributed by atoms with Crippen LogP contribution < -0.4 is 10.6 Å². The molecule has 0 amide bonds. The lowest BCUT2D eigenvalue weighted by Crippen LogP contribution is -2.21. The molecule has 1 fully saturated rings. The molecule has 0 spiro atoms. The molecule has 2 N–H and O–H groups in total. The number of hydrogen-bond donors (Lipinski definition) is 1. The van der Waals surface area contributed by atoms with Crippen molar-refractivity contribution in [1.82, 2.24) is 9.97 Å². The Labute approximate surface area is 94.5 Å².